The number of nitrogens with zero attached hydrogens (tertiary/aromatic N) is 3. The molecule has 0 saturated carbocycles. The molecule has 1 aliphatic heterocycles. The normalized spacial score (nSPS) is 12.9. The molecule has 2 heterocycles. The van der Waals surface area contributed by atoms with Crippen LogP contribution in [0.2, 0.25) is 0 Å². The number of nitrogens with one attached hydrogen (secondary N) is 1. The number of nitriles is 1. The zero-order valence-electron chi connectivity index (χ0n) is 14.5. The first-order valence-corrected chi connectivity index (χ1v) is 7.73. The number of rotatable bonds is 4. The summed E-state index contributed by atoms with van der Waals surface area (Å²) in [6, 6.07) is 2.34. The number of pyridine rings is 1. The molecule has 0 spiro atoms. The molecule has 0 saturated heterocycles. The van der Waals surface area contributed by atoms with Crippen molar-refractivity contribution in [2.24, 2.45) is 0 Å². The summed E-state index contributed by atoms with van der Waals surface area (Å²) in [5, 5.41) is 11.7. The van der Waals surface area contributed by atoms with Gasteiger partial charge in [0.2, 0.25) is 0 Å². The Balaban J connectivity index is 1.99. The molecule has 0 fully saturated rings. The van der Waals surface area contributed by atoms with Gasteiger partial charge in [-0.15, -0.1) is 0 Å². The van der Waals surface area contributed by atoms with E-state index in [4.69, 9.17) is 15.2 Å². The maximum atomic E-state index is 14.5. The molecule has 3 N–H and O–H groups in total. The Bertz CT molecular complexity index is 946. The number of fused-ring (bicyclic) bond motifs is 1. The summed E-state index contributed by atoms with van der Waals surface area (Å²) in [5.74, 6) is -2.28. The Morgan fingerprint density at radius 2 is 1.96 bits per heavy atom. The van der Waals surface area contributed by atoms with Gasteiger partial charge in [-0.1, -0.05) is 0 Å². The molecular formula is C17H15F2N5O3. The first-order valence-electron chi connectivity index (χ1n) is 7.73. The lowest BCUT2D eigenvalue weighted by atomic mass is 10.1. The van der Waals surface area contributed by atoms with Gasteiger partial charge in [-0.3, -0.25) is 0 Å². The van der Waals surface area contributed by atoms with Crippen LogP contribution in [0.15, 0.2) is 12.3 Å². The van der Waals surface area contributed by atoms with Crippen LogP contribution in [0.3, 0.4) is 0 Å². The van der Waals surface area contributed by atoms with Crippen molar-refractivity contribution in [2.75, 3.05) is 25.3 Å². The SMILES string of the molecule is COc1cc(OC)c(F)c(CN2Cc3cnc(N)c(C#N)c3NC2=O)c1F. The summed E-state index contributed by atoms with van der Waals surface area (Å²) in [6.45, 7) is -0.399. The molecule has 0 unspecified atom stereocenters. The molecule has 0 atom stereocenters. The number of nitrogen functional groups attached to an aromatic ring is 1. The predicted octanol–water partition coefficient (Wildman–Crippen LogP) is 2.38. The quantitative estimate of drug-likeness (QED) is 0.848. The van der Waals surface area contributed by atoms with Crippen molar-refractivity contribution in [3.8, 4) is 17.6 Å². The number of ether oxygens (including phenoxy) is 2. The predicted molar refractivity (Wildman–Crippen MR) is 91.1 cm³/mol. The number of aromatic nitrogens is 1. The topological polar surface area (TPSA) is 114 Å². The van der Waals surface area contributed by atoms with Gasteiger partial charge in [-0.2, -0.15) is 5.26 Å². The van der Waals surface area contributed by atoms with Crippen LogP contribution >= 0.6 is 0 Å². The van der Waals surface area contributed by atoms with E-state index in [1.54, 1.807) is 0 Å². The highest BCUT2D eigenvalue weighted by atomic mass is 19.1. The lowest BCUT2D eigenvalue weighted by Crippen LogP contribution is -2.39. The Hall–Kier alpha value is -3.61. The monoisotopic (exact) mass is 375 g/mol. The number of amides is 2. The van der Waals surface area contributed by atoms with Gasteiger partial charge in [-0.25, -0.2) is 18.6 Å². The molecule has 10 heteroatoms. The summed E-state index contributed by atoms with van der Waals surface area (Å²) in [7, 11) is 2.48. The van der Waals surface area contributed by atoms with Crippen molar-refractivity contribution in [1.82, 2.24) is 9.88 Å². The Morgan fingerprint density at radius 3 is 2.52 bits per heavy atom. The van der Waals surface area contributed by atoms with Crippen LogP contribution in [-0.4, -0.2) is 30.1 Å². The minimum Gasteiger partial charge on any atom is -0.494 e. The molecule has 1 aromatic carbocycles. The number of carbonyl (C=O) groups is 1. The highest BCUT2D eigenvalue weighted by molar-refractivity contribution is 5.95. The first kappa shape index (κ1) is 18.2. The maximum Gasteiger partial charge on any atom is 0.322 e. The van der Waals surface area contributed by atoms with E-state index in [1.807, 2.05) is 6.07 Å². The van der Waals surface area contributed by atoms with E-state index >= 15 is 0 Å². The summed E-state index contributed by atoms with van der Waals surface area (Å²) in [4.78, 5) is 17.5. The highest BCUT2D eigenvalue weighted by Crippen LogP contribution is 2.34. The Kier molecular flexibility index (Phi) is 4.68. The average Bonchev–Trinajstić information content (AvgIpc) is 2.66. The van der Waals surface area contributed by atoms with Crippen molar-refractivity contribution in [2.45, 2.75) is 13.1 Å². The summed E-state index contributed by atoms with van der Waals surface area (Å²) in [6.07, 6.45) is 1.40. The zero-order chi connectivity index (χ0) is 19.7. The fourth-order valence-electron chi connectivity index (χ4n) is 2.80. The first-order chi connectivity index (χ1) is 12.9. The van der Waals surface area contributed by atoms with E-state index in [0.29, 0.717) is 5.56 Å². The minimum absolute atomic E-state index is 0.0124. The second kappa shape index (κ2) is 6.95. The Morgan fingerprint density at radius 1 is 1.33 bits per heavy atom. The fourth-order valence-corrected chi connectivity index (χ4v) is 2.80. The number of hydrogen-bond donors (Lipinski definition) is 2. The number of urea groups is 1. The van der Waals surface area contributed by atoms with Crippen molar-refractivity contribution in [3.05, 3.63) is 40.6 Å². The van der Waals surface area contributed by atoms with Crippen LogP contribution in [0.25, 0.3) is 0 Å². The van der Waals surface area contributed by atoms with Crippen molar-refractivity contribution in [3.63, 3.8) is 0 Å². The third-order valence-corrected chi connectivity index (χ3v) is 4.19. The van der Waals surface area contributed by atoms with Gasteiger partial charge < -0.3 is 25.4 Å². The van der Waals surface area contributed by atoms with Crippen LogP contribution in [0.1, 0.15) is 16.7 Å². The van der Waals surface area contributed by atoms with Crippen molar-refractivity contribution >= 4 is 17.5 Å². The third-order valence-electron chi connectivity index (χ3n) is 4.19. The molecule has 0 aliphatic carbocycles. The summed E-state index contributed by atoms with van der Waals surface area (Å²) >= 11 is 0. The van der Waals surface area contributed by atoms with Gasteiger partial charge in [0, 0.05) is 17.8 Å². The second-order valence-electron chi connectivity index (χ2n) is 5.70. The highest BCUT2D eigenvalue weighted by Gasteiger charge is 2.29. The molecule has 27 heavy (non-hydrogen) atoms. The number of halogens is 2. The molecule has 3 rings (SSSR count). The van der Waals surface area contributed by atoms with Crippen LogP contribution in [-0.2, 0) is 13.1 Å². The van der Waals surface area contributed by atoms with Gasteiger partial charge in [0.15, 0.2) is 23.1 Å². The van der Waals surface area contributed by atoms with Crippen molar-refractivity contribution < 1.29 is 23.0 Å². The Labute approximate surface area is 153 Å². The number of hydrogen-bond acceptors (Lipinski definition) is 6. The summed E-state index contributed by atoms with van der Waals surface area (Å²) < 4.78 is 38.9. The number of benzene rings is 1. The van der Waals surface area contributed by atoms with E-state index in [1.165, 1.54) is 25.3 Å². The number of carbonyl (C=O) groups excluding carboxylic acids is 1. The fraction of sp³-hybridized carbons (Fsp3) is 0.235. The standard InChI is InChI=1S/C17H15F2N5O3/c1-26-11-3-12(27-2)14(19)10(13(11)18)7-24-6-8-5-22-16(21)9(4-20)15(8)23-17(24)25/h3,5H,6-7H2,1-2H3,(H2,21,22)(H,23,25). The lowest BCUT2D eigenvalue weighted by Gasteiger charge is -2.30. The van der Waals surface area contributed by atoms with Gasteiger partial charge in [0.25, 0.3) is 0 Å². The smallest absolute Gasteiger partial charge is 0.322 e. The molecule has 0 bridgehead atoms. The molecule has 140 valence electrons. The minimum atomic E-state index is -0.928. The van der Waals surface area contributed by atoms with Gasteiger partial charge in [-0.05, 0) is 0 Å². The van der Waals surface area contributed by atoms with Crippen molar-refractivity contribution in [1.29, 1.82) is 5.26 Å². The lowest BCUT2D eigenvalue weighted by molar-refractivity contribution is 0.201. The van der Waals surface area contributed by atoms with Crippen LogP contribution < -0.4 is 20.5 Å². The number of anilines is 2. The molecule has 2 aromatic rings. The third kappa shape index (κ3) is 3.03. The van der Waals surface area contributed by atoms with E-state index in [9.17, 15) is 18.8 Å². The second-order valence-corrected chi connectivity index (χ2v) is 5.70. The molecule has 0 radical (unpaired) electrons. The van der Waals surface area contributed by atoms with E-state index in [0.717, 1.165) is 6.07 Å². The number of methoxy groups -OCH3 is 2. The molecule has 8 nitrogen and oxygen atoms in total. The summed E-state index contributed by atoms with van der Waals surface area (Å²) in [5.41, 5.74) is 6.04. The largest absolute Gasteiger partial charge is 0.494 e. The maximum absolute atomic E-state index is 14.5. The van der Waals surface area contributed by atoms with Crippen LogP contribution in [0.4, 0.5) is 25.1 Å². The van der Waals surface area contributed by atoms with Gasteiger partial charge in [0.05, 0.1) is 38.6 Å². The average molecular weight is 375 g/mol. The van der Waals surface area contributed by atoms with Gasteiger partial charge in [0.1, 0.15) is 17.5 Å². The number of nitrogens with two attached hydrogens (primary N) is 1. The van der Waals surface area contributed by atoms with E-state index in [-0.39, 0.29) is 47.2 Å². The molecular weight excluding hydrogens is 360 g/mol. The zero-order valence-corrected chi connectivity index (χ0v) is 14.5. The molecule has 1 aromatic heterocycles. The molecule has 1 aliphatic rings. The van der Waals surface area contributed by atoms with Crippen LogP contribution in [0.5, 0.6) is 11.5 Å². The van der Waals surface area contributed by atoms with E-state index in [2.05, 4.69) is 10.3 Å². The van der Waals surface area contributed by atoms with Crippen LogP contribution in [0, 0.1) is 23.0 Å². The van der Waals surface area contributed by atoms with Gasteiger partial charge >= 0.3 is 6.03 Å². The van der Waals surface area contributed by atoms with E-state index < -0.39 is 17.7 Å². The molecule has 2 amide bonds.